The van der Waals surface area contributed by atoms with E-state index in [1.54, 1.807) is 11.8 Å². The van der Waals surface area contributed by atoms with Crippen LogP contribution in [0.15, 0.2) is 0 Å². The maximum atomic E-state index is 6.20. The van der Waals surface area contributed by atoms with Crippen LogP contribution in [0.25, 0.3) is 0 Å². The van der Waals surface area contributed by atoms with E-state index in [4.69, 9.17) is 35.9 Å². The Morgan fingerprint density at radius 2 is 1.48 bits per heavy atom. The van der Waals surface area contributed by atoms with E-state index in [9.17, 15) is 0 Å². The minimum Gasteiger partial charge on any atom is -0.358 e. The fraction of sp³-hybridized carbons (Fsp3) is 0.941. The maximum absolute atomic E-state index is 6.20. The molecule has 0 amide bonds. The molecule has 0 bridgehead atoms. The molecule has 0 radical (unpaired) electrons. The highest BCUT2D eigenvalue weighted by Crippen LogP contribution is 2.44. The van der Waals surface area contributed by atoms with Crippen LogP contribution in [0, 0.1) is 0 Å². The highest BCUT2D eigenvalue weighted by molar-refractivity contribution is 8.22. The zero-order valence-electron chi connectivity index (χ0n) is 15.8. The Morgan fingerprint density at radius 3 is 2.12 bits per heavy atom. The van der Waals surface area contributed by atoms with Gasteiger partial charge in [0.05, 0.1) is 6.10 Å². The molecule has 0 spiro atoms. The fourth-order valence-electron chi connectivity index (χ4n) is 3.55. The van der Waals surface area contributed by atoms with Crippen LogP contribution in [0.4, 0.5) is 0 Å². The summed E-state index contributed by atoms with van der Waals surface area (Å²) < 4.78 is 31.3. The zero-order chi connectivity index (χ0) is 18.4. The van der Waals surface area contributed by atoms with Gasteiger partial charge in [-0.05, 0) is 41.5 Å². The van der Waals surface area contributed by atoms with Crippen molar-refractivity contribution in [2.24, 2.45) is 0 Å². The number of thiocarbonyl (C=S) groups is 1. The van der Waals surface area contributed by atoms with Crippen LogP contribution < -0.4 is 0 Å². The third kappa shape index (κ3) is 4.15. The van der Waals surface area contributed by atoms with Crippen molar-refractivity contribution in [2.75, 3.05) is 18.8 Å². The smallest absolute Gasteiger partial charge is 0.190 e. The Balaban J connectivity index is 1.70. The molecule has 0 unspecified atom stereocenters. The predicted molar refractivity (Wildman–Crippen MR) is 101 cm³/mol. The van der Waals surface area contributed by atoms with E-state index in [1.165, 1.54) is 0 Å². The lowest BCUT2D eigenvalue weighted by Crippen LogP contribution is -2.55. The van der Waals surface area contributed by atoms with Crippen LogP contribution in [0.1, 0.15) is 41.5 Å². The highest BCUT2D eigenvalue weighted by atomic mass is 32.2. The molecule has 3 rings (SSSR count). The van der Waals surface area contributed by atoms with Crippen LogP contribution in [-0.4, -0.2) is 70.3 Å². The van der Waals surface area contributed by atoms with Crippen molar-refractivity contribution in [1.29, 1.82) is 0 Å². The molecule has 8 heteroatoms. The standard InChI is InChI=1S/C17H29NO5S2/c1-7-18(8-2)15(24)25-9-10-11-12(21-16(3,4)20-11)13-14(19-10)23-17(5,6)22-13/h10-14H,7-9H2,1-6H3/t10-,11+,12+,13-,14-/m1/s1. The lowest BCUT2D eigenvalue weighted by atomic mass is 10.00. The first-order valence-corrected chi connectivity index (χ1v) is 10.3. The molecule has 0 aromatic rings. The summed E-state index contributed by atoms with van der Waals surface area (Å²) in [5.74, 6) is -0.649. The molecule has 25 heavy (non-hydrogen) atoms. The lowest BCUT2D eigenvalue weighted by molar-refractivity contribution is -0.228. The van der Waals surface area contributed by atoms with Gasteiger partial charge in [-0.2, -0.15) is 0 Å². The van der Waals surface area contributed by atoms with Crippen molar-refractivity contribution in [3.05, 3.63) is 0 Å². The first kappa shape index (κ1) is 19.8. The second-order valence-corrected chi connectivity index (χ2v) is 9.11. The summed E-state index contributed by atoms with van der Waals surface area (Å²) in [5, 5.41) is 0. The van der Waals surface area contributed by atoms with Gasteiger partial charge in [-0.1, -0.05) is 24.0 Å². The molecule has 3 heterocycles. The number of thioether (sulfide) groups is 1. The van der Waals surface area contributed by atoms with Crippen molar-refractivity contribution >= 4 is 28.3 Å². The highest BCUT2D eigenvalue weighted by Gasteiger charge is 2.60. The normalized spacial score (nSPS) is 38.2. The van der Waals surface area contributed by atoms with Crippen molar-refractivity contribution in [3.63, 3.8) is 0 Å². The van der Waals surface area contributed by atoms with Gasteiger partial charge in [0.25, 0.3) is 0 Å². The van der Waals surface area contributed by atoms with E-state index in [0.29, 0.717) is 5.75 Å². The number of ether oxygens (including phenoxy) is 5. The average Bonchev–Trinajstić information content (AvgIpc) is 3.00. The molecule has 0 N–H and O–H groups in total. The first-order valence-electron chi connectivity index (χ1n) is 8.94. The summed E-state index contributed by atoms with van der Waals surface area (Å²) in [7, 11) is 0. The monoisotopic (exact) mass is 391 g/mol. The van der Waals surface area contributed by atoms with Gasteiger partial charge < -0.3 is 28.6 Å². The van der Waals surface area contributed by atoms with E-state index in [-0.39, 0.29) is 24.4 Å². The number of hydrogen-bond acceptors (Lipinski definition) is 7. The van der Waals surface area contributed by atoms with Crippen LogP contribution in [0.5, 0.6) is 0 Å². The molecule has 5 atom stereocenters. The molecule has 3 aliphatic heterocycles. The first-order chi connectivity index (χ1) is 11.7. The Bertz CT molecular complexity index is 511. The summed E-state index contributed by atoms with van der Waals surface area (Å²) in [6.45, 7) is 13.7. The second-order valence-electron chi connectivity index (χ2n) is 7.46. The Morgan fingerprint density at radius 1 is 0.920 bits per heavy atom. The van der Waals surface area contributed by atoms with Crippen LogP contribution in [0.3, 0.4) is 0 Å². The quantitative estimate of drug-likeness (QED) is 0.678. The van der Waals surface area contributed by atoms with E-state index in [0.717, 1.165) is 17.4 Å². The van der Waals surface area contributed by atoms with E-state index >= 15 is 0 Å². The molecule has 0 aliphatic carbocycles. The number of nitrogens with zero attached hydrogens (tertiary/aromatic N) is 1. The predicted octanol–water partition coefficient (Wildman–Crippen LogP) is 2.74. The molecular weight excluding hydrogens is 362 g/mol. The van der Waals surface area contributed by atoms with Crippen molar-refractivity contribution in [3.8, 4) is 0 Å². The van der Waals surface area contributed by atoms with Gasteiger partial charge in [0.1, 0.15) is 22.6 Å². The second kappa shape index (κ2) is 7.22. The van der Waals surface area contributed by atoms with Gasteiger partial charge in [-0.25, -0.2) is 0 Å². The summed E-state index contributed by atoms with van der Waals surface area (Å²) in [5.41, 5.74) is 0. The molecule has 3 aliphatic rings. The molecule has 3 saturated heterocycles. The minimum atomic E-state index is -0.686. The zero-order valence-corrected chi connectivity index (χ0v) is 17.4. The number of hydrogen-bond donors (Lipinski definition) is 0. The minimum absolute atomic E-state index is 0.163. The summed E-state index contributed by atoms with van der Waals surface area (Å²) >= 11 is 7.17. The topological polar surface area (TPSA) is 49.4 Å². The van der Waals surface area contributed by atoms with Crippen LogP contribution >= 0.6 is 24.0 Å². The fourth-order valence-corrected chi connectivity index (χ4v) is 5.03. The number of rotatable bonds is 4. The Labute approximate surface area is 159 Å². The van der Waals surface area contributed by atoms with Crippen molar-refractivity contribution in [1.82, 2.24) is 4.90 Å². The van der Waals surface area contributed by atoms with Crippen LogP contribution in [-0.2, 0) is 23.7 Å². The van der Waals surface area contributed by atoms with Gasteiger partial charge in [0.15, 0.2) is 17.9 Å². The largest absolute Gasteiger partial charge is 0.358 e. The van der Waals surface area contributed by atoms with Gasteiger partial charge in [-0.3, -0.25) is 0 Å². The third-order valence-corrected chi connectivity index (χ3v) is 6.26. The average molecular weight is 392 g/mol. The maximum Gasteiger partial charge on any atom is 0.190 e. The Kier molecular flexibility index (Phi) is 5.72. The van der Waals surface area contributed by atoms with Crippen molar-refractivity contribution < 1.29 is 23.7 Å². The molecule has 0 aromatic carbocycles. The summed E-state index contributed by atoms with van der Waals surface area (Å²) in [4.78, 5) is 2.16. The molecule has 3 fully saturated rings. The Hall–Kier alpha value is 0.0400. The molecular formula is C17H29NO5S2. The molecule has 0 aromatic heterocycles. The van der Waals surface area contributed by atoms with Gasteiger partial charge >= 0.3 is 0 Å². The van der Waals surface area contributed by atoms with Crippen LogP contribution in [0.2, 0.25) is 0 Å². The summed E-state index contributed by atoms with van der Waals surface area (Å²) in [6, 6.07) is 0. The van der Waals surface area contributed by atoms with E-state index in [1.807, 2.05) is 27.7 Å². The van der Waals surface area contributed by atoms with E-state index < -0.39 is 17.9 Å². The van der Waals surface area contributed by atoms with Crippen molar-refractivity contribution in [2.45, 2.75) is 83.8 Å². The molecule has 6 nitrogen and oxygen atoms in total. The lowest BCUT2D eigenvalue weighted by Gasteiger charge is -2.37. The van der Waals surface area contributed by atoms with Gasteiger partial charge in [0.2, 0.25) is 0 Å². The number of fused-ring (bicyclic) bond motifs is 3. The third-order valence-electron chi connectivity index (χ3n) is 4.64. The SMILES string of the molecule is CCN(CC)C(=S)SC[C@H]1O[C@@H]2OC(C)(C)O[C@@H]2[C@H]2OC(C)(C)O[C@H]21. The summed E-state index contributed by atoms with van der Waals surface area (Å²) in [6.07, 6.45) is -1.29. The van der Waals surface area contributed by atoms with E-state index in [2.05, 4.69) is 18.7 Å². The molecule has 0 saturated carbocycles. The van der Waals surface area contributed by atoms with Gasteiger partial charge in [-0.15, -0.1) is 0 Å². The molecule has 144 valence electrons. The van der Waals surface area contributed by atoms with Gasteiger partial charge in [0, 0.05) is 18.8 Å².